The Morgan fingerprint density at radius 3 is 0.960 bits per heavy atom. The molecule has 0 aromatic carbocycles. The lowest BCUT2D eigenvalue weighted by Crippen LogP contribution is -2.32. The molecule has 0 radical (unpaired) electrons. The van der Waals surface area contributed by atoms with Crippen LogP contribution in [0.2, 0.25) is 0 Å². The molecule has 156 valence electrons. The number of hydrogen-bond acceptors (Lipinski definition) is 6. The van der Waals surface area contributed by atoms with Crippen LogP contribution < -0.4 is 0 Å². The lowest BCUT2D eigenvalue weighted by atomic mass is 10.3. The van der Waals surface area contributed by atoms with E-state index in [2.05, 4.69) is 20.8 Å². The molecule has 0 atom stereocenters. The molecule has 0 aliphatic heterocycles. The average molecular weight is 422 g/mol. The summed E-state index contributed by atoms with van der Waals surface area (Å²) in [5, 5.41) is 0. The Morgan fingerprint density at radius 1 is 0.520 bits per heavy atom. The molecule has 0 N–H and O–H groups in total. The molecule has 0 amide bonds. The van der Waals surface area contributed by atoms with E-state index < -0.39 is 39.1 Å². The zero-order chi connectivity index (χ0) is 19.6. The van der Waals surface area contributed by atoms with Crippen LogP contribution in [0.1, 0.15) is 40.0 Å². The van der Waals surface area contributed by atoms with Crippen molar-refractivity contribution in [3.63, 3.8) is 0 Å². The number of rotatable bonds is 15. The summed E-state index contributed by atoms with van der Waals surface area (Å²) in [6.07, 6.45) is 14.4. The third-order valence-corrected chi connectivity index (χ3v) is 6.71. The maximum absolute atomic E-state index is 6.07. The van der Waals surface area contributed by atoms with Gasteiger partial charge in [-0.1, -0.05) is 20.8 Å². The van der Waals surface area contributed by atoms with Crippen LogP contribution in [0.25, 0.3) is 0 Å². The first-order valence-corrected chi connectivity index (χ1v) is 15.5. The summed E-state index contributed by atoms with van der Waals surface area (Å²) >= 11 is 0. The van der Waals surface area contributed by atoms with E-state index in [0.29, 0.717) is 19.8 Å². The minimum Gasteiger partial charge on any atom is -0.286 e. The van der Waals surface area contributed by atoms with E-state index in [9.17, 15) is 0 Å². The van der Waals surface area contributed by atoms with Crippen LogP contribution in [-0.4, -0.2) is 64.7 Å². The molecule has 10 heteroatoms. The molecule has 0 saturated carbocycles. The zero-order valence-electron chi connectivity index (χ0n) is 17.5. The Bertz CT molecular complexity index is 306. The summed E-state index contributed by atoms with van der Waals surface area (Å²) in [6, 6.07) is 0. The molecule has 0 saturated heterocycles. The maximum atomic E-state index is 6.07. The van der Waals surface area contributed by atoms with Gasteiger partial charge in [-0.25, -0.2) is 31.8 Å². The lowest BCUT2D eigenvalue weighted by molar-refractivity contribution is 0.252. The van der Waals surface area contributed by atoms with E-state index in [-0.39, 0.29) is 0 Å². The molecule has 0 aromatic heterocycles. The summed E-state index contributed by atoms with van der Waals surface area (Å²) in [7, 11) is -6.17. The normalized spacial score (nSPS) is 15.2. The second-order valence-electron chi connectivity index (χ2n) is 6.47. The number of hydrogen-bond donors (Lipinski definition) is 0. The fourth-order valence-corrected chi connectivity index (χ4v) is 4.94. The van der Waals surface area contributed by atoms with Crippen molar-refractivity contribution in [3.05, 3.63) is 0 Å². The highest BCUT2D eigenvalue weighted by Gasteiger charge is 2.36. The quantitative estimate of drug-likeness (QED) is 0.347. The van der Waals surface area contributed by atoms with E-state index in [1.165, 1.54) is 0 Å². The second kappa shape index (κ2) is 12.4. The van der Waals surface area contributed by atoms with Gasteiger partial charge in [0.25, 0.3) is 0 Å². The highest BCUT2D eigenvalue weighted by Crippen LogP contribution is 2.52. The van der Waals surface area contributed by atoms with Crippen molar-refractivity contribution in [2.45, 2.75) is 40.0 Å². The van der Waals surface area contributed by atoms with E-state index in [1.807, 2.05) is 37.5 Å². The van der Waals surface area contributed by atoms with E-state index in [4.69, 9.17) is 24.9 Å². The molecule has 0 fully saturated rings. The molecule has 0 rings (SSSR count). The molecular formula is C15H39BO6S3. The first-order chi connectivity index (χ1) is 11.5. The molecule has 0 bridgehead atoms. The van der Waals surface area contributed by atoms with E-state index in [0.717, 1.165) is 19.3 Å². The Labute approximate surface area is 161 Å². The van der Waals surface area contributed by atoms with Crippen molar-refractivity contribution < 1.29 is 24.9 Å². The first kappa shape index (κ1) is 25.9. The molecule has 0 unspecified atom stereocenters. The Morgan fingerprint density at radius 2 is 0.760 bits per heavy atom. The first-order valence-electron chi connectivity index (χ1n) is 8.64. The third kappa shape index (κ3) is 13.7. The van der Waals surface area contributed by atoms with Crippen molar-refractivity contribution in [3.8, 4) is 0 Å². The predicted octanol–water partition coefficient (Wildman–Crippen LogP) is 4.98. The van der Waals surface area contributed by atoms with Crippen LogP contribution in [0.5, 0.6) is 0 Å². The monoisotopic (exact) mass is 422 g/mol. The van der Waals surface area contributed by atoms with Gasteiger partial charge in [0.2, 0.25) is 0 Å². The van der Waals surface area contributed by atoms with Gasteiger partial charge in [0.05, 0.1) is 19.8 Å². The SMILES string of the molecule is CCCOS(C)(C)OB(OS(C)(C)OCCC)OS(C)(C)OCCC. The lowest BCUT2D eigenvalue weighted by Gasteiger charge is -2.44. The third-order valence-electron chi connectivity index (χ3n) is 2.64. The Kier molecular flexibility index (Phi) is 12.8. The molecule has 0 aliphatic carbocycles. The smallest absolute Gasteiger partial charge is 0.286 e. The Hall–Kier alpha value is 0.875. The molecule has 25 heavy (non-hydrogen) atoms. The van der Waals surface area contributed by atoms with Gasteiger partial charge >= 0.3 is 7.32 Å². The second-order valence-corrected chi connectivity index (χ2v) is 14.6. The minimum atomic E-state index is -1.76. The minimum absolute atomic E-state index is 0.639. The van der Waals surface area contributed by atoms with Crippen LogP contribution in [0.15, 0.2) is 0 Å². The standard InChI is InChI=1S/C15H39BO6S3/c1-10-13-17-23(4,5)20-16(21-24(6,7)18-14-11-2)22-25(8,9)19-15-12-3/h10-15H2,1-9H3. The van der Waals surface area contributed by atoms with Crippen LogP contribution in [0.4, 0.5) is 0 Å². The van der Waals surface area contributed by atoms with Gasteiger partial charge in [-0.05, 0) is 19.3 Å². The van der Waals surface area contributed by atoms with Gasteiger partial charge in [0.15, 0.2) is 0 Å². The highest BCUT2D eigenvalue weighted by molar-refractivity contribution is 8.27. The topological polar surface area (TPSA) is 55.4 Å². The van der Waals surface area contributed by atoms with E-state index in [1.54, 1.807) is 0 Å². The molecular weight excluding hydrogens is 383 g/mol. The molecule has 6 nitrogen and oxygen atoms in total. The largest absolute Gasteiger partial charge is 0.699 e. The van der Waals surface area contributed by atoms with Crippen molar-refractivity contribution in [2.24, 2.45) is 0 Å². The van der Waals surface area contributed by atoms with Crippen molar-refractivity contribution in [2.75, 3.05) is 57.4 Å². The highest BCUT2D eigenvalue weighted by atomic mass is 32.3. The van der Waals surface area contributed by atoms with Crippen LogP contribution in [0, 0.1) is 0 Å². The molecule has 0 aliphatic rings. The average Bonchev–Trinajstić information content (AvgIpc) is 2.47. The van der Waals surface area contributed by atoms with Gasteiger partial charge < -0.3 is 0 Å². The summed E-state index contributed by atoms with van der Waals surface area (Å²) in [5.74, 6) is 0. The fraction of sp³-hybridized carbons (Fsp3) is 1.00. The van der Waals surface area contributed by atoms with Crippen LogP contribution in [-0.2, 0) is 24.9 Å². The van der Waals surface area contributed by atoms with Gasteiger partial charge in [-0.15, -0.1) is 0 Å². The van der Waals surface area contributed by atoms with Crippen LogP contribution >= 0.6 is 31.8 Å². The fourth-order valence-electron chi connectivity index (χ4n) is 1.55. The van der Waals surface area contributed by atoms with Crippen molar-refractivity contribution in [1.29, 1.82) is 0 Å². The predicted molar refractivity (Wildman–Crippen MR) is 116 cm³/mol. The summed E-state index contributed by atoms with van der Waals surface area (Å²) < 4.78 is 35.7. The van der Waals surface area contributed by atoms with Gasteiger partial charge in [0.1, 0.15) is 0 Å². The Balaban J connectivity index is 5.03. The van der Waals surface area contributed by atoms with Crippen LogP contribution in [0.3, 0.4) is 0 Å². The van der Waals surface area contributed by atoms with Gasteiger partial charge in [-0.3, -0.25) is 24.9 Å². The maximum Gasteiger partial charge on any atom is 0.699 e. The molecule has 0 aromatic rings. The van der Waals surface area contributed by atoms with Crippen molar-refractivity contribution in [1.82, 2.24) is 0 Å². The zero-order valence-corrected chi connectivity index (χ0v) is 19.9. The van der Waals surface area contributed by atoms with Gasteiger partial charge in [0, 0.05) is 37.5 Å². The summed E-state index contributed by atoms with van der Waals surface area (Å²) in [5.41, 5.74) is 0. The molecule has 0 heterocycles. The van der Waals surface area contributed by atoms with E-state index >= 15 is 0 Å². The van der Waals surface area contributed by atoms with Gasteiger partial charge in [-0.2, -0.15) is 0 Å². The molecule has 0 spiro atoms. The summed E-state index contributed by atoms with van der Waals surface area (Å²) in [6.45, 7) is 8.12. The van der Waals surface area contributed by atoms with Crippen molar-refractivity contribution >= 4 is 39.1 Å². The summed E-state index contributed by atoms with van der Waals surface area (Å²) in [4.78, 5) is 0.